The van der Waals surface area contributed by atoms with Crippen molar-refractivity contribution in [2.45, 2.75) is 63.7 Å². The molecule has 220 valence electrons. The number of carboxylic acid groups (broad SMARTS) is 1. The van der Waals surface area contributed by atoms with Crippen LogP contribution in [0.1, 0.15) is 41.8 Å². The summed E-state index contributed by atoms with van der Waals surface area (Å²) in [5.41, 5.74) is 5.28. The first kappa shape index (κ1) is 33.1. The van der Waals surface area contributed by atoms with Gasteiger partial charge >= 0.3 is 12.1 Å². The molecule has 14 heteroatoms. The van der Waals surface area contributed by atoms with Crippen LogP contribution in [-0.4, -0.2) is 48.6 Å². The predicted molar refractivity (Wildman–Crippen MR) is 143 cm³/mol. The number of rotatable bonds is 9. The minimum Gasteiger partial charge on any atom is -0.475 e. The van der Waals surface area contributed by atoms with Crippen molar-refractivity contribution < 1.29 is 40.3 Å². The van der Waals surface area contributed by atoms with Crippen LogP contribution in [0.2, 0.25) is 0 Å². The summed E-state index contributed by atoms with van der Waals surface area (Å²) in [5.74, 6) is -4.29. The monoisotopic (exact) mass is 607 g/mol. The number of thiazole rings is 1. The second-order valence-electron chi connectivity index (χ2n) is 9.32. The van der Waals surface area contributed by atoms with E-state index in [0.29, 0.717) is 35.1 Å². The van der Waals surface area contributed by atoms with Gasteiger partial charge in [-0.05, 0) is 69.6 Å². The third-order valence-electron chi connectivity index (χ3n) is 6.03. The van der Waals surface area contributed by atoms with Crippen molar-refractivity contribution in [2.24, 2.45) is 0 Å². The molecule has 7 nitrogen and oxygen atoms in total. The topological polar surface area (TPSA) is 99.6 Å². The van der Waals surface area contributed by atoms with Gasteiger partial charge in [0.05, 0.1) is 17.0 Å². The normalized spacial score (nSPS) is 11.9. The average molecular weight is 608 g/mol. The van der Waals surface area contributed by atoms with Gasteiger partial charge in [-0.25, -0.2) is 27.0 Å². The van der Waals surface area contributed by atoms with Crippen molar-refractivity contribution in [1.82, 2.24) is 9.88 Å². The number of aromatic nitrogens is 1. The number of anilines is 1. The maximum atomic E-state index is 14.8. The molecule has 0 atom stereocenters. The second kappa shape index (κ2) is 13.5. The quantitative estimate of drug-likeness (QED) is 0.284. The summed E-state index contributed by atoms with van der Waals surface area (Å²) in [5, 5.41) is 11.9. The molecule has 0 aliphatic rings. The molecular weight excluding hydrogens is 577 g/mol. The molecule has 0 saturated heterocycles. The van der Waals surface area contributed by atoms with Crippen molar-refractivity contribution in [1.29, 1.82) is 0 Å². The Kier molecular flexibility index (Phi) is 11.2. The number of nitrogens with one attached hydrogen (secondary N) is 1. The molecule has 0 fully saturated rings. The van der Waals surface area contributed by atoms with Gasteiger partial charge in [-0.15, -0.1) is 11.3 Å². The van der Waals surface area contributed by atoms with Crippen molar-refractivity contribution in [3.63, 3.8) is 0 Å². The molecule has 1 heterocycles. The van der Waals surface area contributed by atoms with Crippen LogP contribution in [0.3, 0.4) is 0 Å². The van der Waals surface area contributed by atoms with E-state index in [-0.39, 0.29) is 23.0 Å². The molecule has 0 spiro atoms. The number of nitrogens with zero attached hydrogens (tertiary/aromatic N) is 2. The highest BCUT2D eigenvalue weighted by Gasteiger charge is 2.38. The van der Waals surface area contributed by atoms with E-state index in [0.717, 1.165) is 17.2 Å². The fourth-order valence-corrected chi connectivity index (χ4v) is 5.55. The zero-order chi connectivity index (χ0) is 30.4. The van der Waals surface area contributed by atoms with E-state index in [1.165, 1.54) is 29.0 Å². The highest BCUT2D eigenvalue weighted by atomic mass is 32.2. The lowest BCUT2D eigenvalue weighted by Crippen LogP contribution is -2.27. The summed E-state index contributed by atoms with van der Waals surface area (Å²) in [7, 11) is -1.90. The van der Waals surface area contributed by atoms with Crippen LogP contribution in [0.25, 0.3) is 0 Å². The molecule has 0 radical (unpaired) electrons. The average Bonchev–Trinajstić information content (AvgIpc) is 3.34. The van der Waals surface area contributed by atoms with E-state index in [1.54, 1.807) is 18.4 Å². The first-order chi connectivity index (χ1) is 18.4. The SMILES string of the molecule is Cc1cc(S(=O)(=O)Cc2cscn2)c(F)cc1NCc1c(F)ccc(C)c1CN(C)C(C)C.O=C(O)C(F)(F)F. The Balaban J connectivity index is 0.000000708. The molecule has 3 aromatic rings. The lowest BCUT2D eigenvalue weighted by atomic mass is 10.00. The number of hydrogen-bond donors (Lipinski definition) is 2. The van der Waals surface area contributed by atoms with Crippen molar-refractivity contribution in [2.75, 3.05) is 12.4 Å². The Morgan fingerprint density at radius 2 is 1.73 bits per heavy atom. The van der Waals surface area contributed by atoms with Crippen LogP contribution in [0.5, 0.6) is 0 Å². The van der Waals surface area contributed by atoms with Gasteiger partial charge in [-0.3, -0.25) is 4.90 Å². The van der Waals surface area contributed by atoms with Crippen LogP contribution in [0.15, 0.2) is 40.1 Å². The molecule has 1 aromatic heterocycles. The van der Waals surface area contributed by atoms with Gasteiger partial charge in [0.25, 0.3) is 0 Å². The van der Waals surface area contributed by atoms with Gasteiger partial charge in [-0.2, -0.15) is 13.2 Å². The van der Waals surface area contributed by atoms with Crippen LogP contribution < -0.4 is 5.32 Å². The fourth-order valence-electron chi connectivity index (χ4n) is 3.47. The summed E-state index contributed by atoms with van der Waals surface area (Å²) in [6.45, 7) is 8.52. The number of aliphatic carboxylic acids is 1. The van der Waals surface area contributed by atoms with E-state index in [2.05, 4.69) is 29.0 Å². The summed E-state index contributed by atoms with van der Waals surface area (Å²) in [6, 6.07) is 5.97. The van der Waals surface area contributed by atoms with Crippen molar-refractivity contribution in [3.05, 3.63) is 74.7 Å². The number of alkyl halides is 3. The maximum Gasteiger partial charge on any atom is 0.490 e. The molecule has 0 aliphatic carbocycles. The highest BCUT2D eigenvalue weighted by molar-refractivity contribution is 7.90. The molecule has 0 bridgehead atoms. The van der Waals surface area contributed by atoms with Crippen molar-refractivity contribution in [3.8, 4) is 0 Å². The van der Waals surface area contributed by atoms with Crippen LogP contribution in [0, 0.1) is 25.5 Å². The van der Waals surface area contributed by atoms with Gasteiger partial charge < -0.3 is 10.4 Å². The minimum atomic E-state index is -5.08. The van der Waals surface area contributed by atoms with Gasteiger partial charge in [0.15, 0.2) is 9.84 Å². The van der Waals surface area contributed by atoms with E-state index in [4.69, 9.17) is 9.90 Å². The number of benzene rings is 2. The largest absolute Gasteiger partial charge is 0.490 e. The molecule has 3 rings (SSSR count). The first-order valence-corrected chi connectivity index (χ1v) is 14.4. The Morgan fingerprint density at radius 1 is 1.10 bits per heavy atom. The first-order valence-electron chi connectivity index (χ1n) is 11.8. The standard InChI is InChI=1S/C24H29F2N3O2S2.C2HF3O2/c1-15(2)29(5)11-20-16(3)6-7-21(25)19(20)10-27-23-9-22(26)24(8-17(23)4)33(30,31)13-18-12-32-14-28-18;3-2(4,5)1(6)7/h6-9,12,14-15,27H,10-11,13H2,1-5H3;(H,6,7). The number of hydrogen-bond acceptors (Lipinski definition) is 7. The van der Waals surface area contributed by atoms with Gasteiger partial charge in [0, 0.05) is 35.8 Å². The van der Waals surface area contributed by atoms with Crippen molar-refractivity contribution >= 4 is 32.8 Å². The predicted octanol–water partition coefficient (Wildman–Crippen LogP) is 6.10. The minimum absolute atomic E-state index is 0.153. The molecule has 0 amide bonds. The number of sulfone groups is 1. The molecule has 40 heavy (non-hydrogen) atoms. The van der Waals surface area contributed by atoms with E-state index in [1.807, 2.05) is 14.0 Å². The highest BCUT2D eigenvalue weighted by Crippen LogP contribution is 2.28. The second-order valence-corrected chi connectivity index (χ2v) is 12.0. The summed E-state index contributed by atoms with van der Waals surface area (Å²) in [6.07, 6.45) is -5.08. The maximum absolute atomic E-state index is 14.8. The fraction of sp³-hybridized carbons (Fsp3) is 0.385. The Labute approximate surface area is 233 Å². The summed E-state index contributed by atoms with van der Waals surface area (Å²) >= 11 is 1.29. The molecular formula is C26H30F5N3O4S2. The Morgan fingerprint density at radius 3 is 2.25 bits per heavy atom. The van der Waals surface area contributed by atoms with E-state index >= 15 is 0 Å². The van der Waals surface area contributed by atoms with Crippen LogP contribution >= 0.6 is 11.3 Å². The van der Waals surface area contributed by atoms with Gasteiger partial charge in [0.2, 0.25) is 0 Å². The molecule has 0 saturated carbocycles. The lowest BCUT2D eigenvalue weighted by molar-refractivity contribution is -0.192. The molecule has 0 unspecified atom stereocenters. The van der Waals surface area contributed by atoms with Crippen LogP contribution in [0.4, 0.5) is 27.6 Å². The number of carboxylic acids is 1. The zero-order valence-electron chi connectivity index (χ0n) is 22.4. The third kappa shape index (κ3) is 8.96. The summed E-state index contributed by atoms with van der Waals surface area (Å²) < 4.78 is 86.7. The Bertz CT molecular complexity index is 1430. The number of halogens is 5. The van der Waals surface area contributed by atoms with Crippen LogP contribution in [-0.2, 0) is 33.5 Å². The van der Waals surface area contributed by atoms with Gasteiger partial charge in [-0.1, -0.05) is 6.07 Å². The number of aryl methyl sites for hydroxylation is 2. The van der Waals surface area contributed by atoms with E-state index < -0.39 is 27.8 Å². The van der Waals surface area contributed by atoms with Gasteiger partial charge in [0.1, 0.15) is 16.5 Å². The lowest BCUT2D eigenvalue weighted by Gasteiger charge is -2.24. The Hall–Kier alpha value is -3.10. The van der Waals surface area contributed by atoms with E-state index in [9.17, 15) is 30.4 Å². The molecule has 2 aromatic carbocycles. The smallest absolute Gasteiger partial charge is 0.475 e. The third-order valence-corrected chi connectivity index (χ3v) is 8.32. The molecule has 2 N–H and O–H groups in total. The zero-order valence-corrected chi connectivity index (χ0v) is 24.1. The summed E-state index contributed by atoms with van der Waals surface area (Å²) in [4.78, 5) is 14.6. The molecule has 0 aliphatic heterocycles. The number of carbonyl (C=O) groups is 1.